The van der Waals surface area contributed by atoms with E-state index in [9.17, 15) is 14.0 Å². The molecule has 2 aromatic heterocycles. The number of nitrogens with one attached hydrogen (secondary N) is 1. The highest BCUT2D eigenvalue weighted by Crippen LogP contribution is 2.29. The number of thiazole rings is 1. The average Bonchev–Trinajstić information content (AvgIpc) is 3.26. The Morgan fingerprint density at radius 3 is 2.78 bits per heavy atom. The predicted octanol–water partition coefficient (Wildman–Crippen LogP) is 3.03. The Morgan fingerprint density at radius 2 is 2.07 bits per heavy atom. The van der Waals surface area contributed by atoms with E-state index in [2.05, 4.69) is 15.5 Å². The quantitative estimate of drug-likeness (QED) is 0.747. The van der Waals surface area contributed by atoms with Crippen LogP contribution in [0, 0.1) is 12.7 Å². The van der Waals surface area contributed by atoms with Crippen LogP contribution in [0.25, 0.3) is 0 Å². The SMILES string of the molecule is Cc1cc(C(=O)Nc2nc3c(s2)CN(C(=O)c2ccc(F)cc2)CC3)no1. The van der Waals surface area contributed by atoms with Crippen LogP contribution in [0.1, 0.15) is 37.2 Å². The monoisotopic (exact) mass is 386 g/mol. The molecule has 138 valence electrons. The number of amides is 2. The Morgan fingerprint density at radius 1 is 1.30 bits per heavy atom. The van der Waals surface area contributed by atoms with E-state index < -0.39 is 5.91 Å². The number of aromatic nitrogens is 2. The smallest absolute Gasteiger partial charge is 0.279 e. The minimum absolute atomic E-state index is 0.155. The Hall–Kier alpha value is -3.07. The summed E-state index contributed by atoms with van der Waals surface area (Å²) in [6.45, 7) is 2.63. The number of hydrogen-bond acceptors (Lipinski definition) is 6. The van der Waals surface area contributed by atoms with E-state index in [1.807, 2.05) is 0 Å². The summed E-state index contributed by atoms with van der Waals surface area (Å²) in [5, 5.41) is 6.85. The standard InChI is InChI=1S/C18H15FN4O3S/c1-10-8-14(22-26-10)16(24)21-18-20-13-6-7-23(9-15(13)27-18)17(25)11-2-4-12(19)5-3-11/h2-5,8H,6-7,9H2,1H3,(H,20,21,24). The number of carbonyl (C=O) groups is 2. The second-order valence-electron chi connectivity index (χ2n) is 6.15. The number of nitrogens with zero attached hydrogens (tertiary/aromatic N) is 3. The molecule has 1 aromatic carbocycles. The zero-order chi connectivity index (χ0) is 19.0. The van der Waals surface area contributed by atoms with Gasteiger partial charge in [-0.1, -0.05) is 16.5 Å². The number of rotatable bonds is 3. The summed E-state index contributed by atoms with van der Waals surface area (Å²) in [5.41, 5.74) is 1.50. The number of carbonyl (C=O) groups excluding carboxylic acids is 2. The molecule has 27 heavy (non-hydrogen) atoms. The topological polar surface area (TPSA) is 88.3 Å². The maximum absolute atomic E-state index is 13.0. The molecule has 0 bridgehead atoms. The van der Waals surface area contributed by atoms with Crippen molar-refractivity contribution in [3.63, 3.8) is 0 Å². The van der Waals surface area contributed by atoms with Gasteiger partial charge >= 0.3 is 0 Å². The number of hydrogen-bond donors (Lipinski definition) is 1. The molecular weight excluding hydrogens is 371 g/mol. The van der Waals surface area contributed by atoms with Gasteiger partial charge in [-0.15, -0.1) is 0 Å². The molecule has 2 amide bonds. The van der Waals surface area contributed by atoms with E-state index in [0.29, 0.717) is 36.0 Å². The molecule has 0 atom stereocenters. The summed E-state index contributed by atoms with van der Waals surface area (Å²) in [4.78, 5) is 31.8. The molecule has 0 radical (unpaired) electrons. The number of halogens is 1. The second kappa shape index (κ2) is 6.92. The molecule has 3 heterocycles. The van der Waals surface area contributed by atoms with Gasteiger partial charge in [-0.25, -0.2) is 9.37 Å². The van der Waals surface area contributed by atoms with Gasteiger partial charge in [0.1, 0.15) is 11.6 Å². The van der Waals surface area contributed by atoms with E-state index in [-0.39, 0.29) is 17.4 Å². The zero-order valence-corrected chi connectivity index (χ0v) is 15.2. The molecule has 0 unspecified atom stereocenters. The van der Waals surface area contributed by atoms with Crippen LogP contribution < -0.4 is 5.32 Å². The predicted molar refractivity (Wildman–Crippen MR) is 96.2 cm³/mol. The third-order valence-corrected chi connectivity index (χ3v) is 5.19. The summed E-state index contributed by atoms with van der Waals surface area (Å²) in [6, 6.07) is 7.05. The van der Waals surface area contributed by atoms with Crippen molar-refractivity contribution in [1.82, 2.24) is 15.0 Å². The Balaban J connectivity index is 1.46. The molecule has 0 saturated carbocycles. The van der Waals surface area contributed by atoms with Gasteiger partial charge in [0, 0.05) is 29.5 Å². The lowest BCUT2D eigenvalue weighted by Crippen LogP contribution is -2.35. The zero-order valence-electron chi connectivity index (χ0n) is 14.4. The first-order valence-electron chi connectivity index (χ1n) is 8.27. The summed E-state index contributed by atoms with van der Waals surface area (Å²) in [5.74, 6) is -0.374. The number of benzene rings is 1. The third-order valence-electron chi connectivity index (χ3n) is 4.19. The molecule has 0 saturated heterocycles. The van der Waals surface area contributed by atoms with Crippen molar-refractivity contribution >= 4 is 28.3 Å². The Bertz CT molecular complexity index is 1010. The van der Waals surface area contributed by atoms with Gasteiger partial charge in [0.05, 0.1) is 12.2 Å². The van der Waals surface area contributed by atoms with Crippen LogP contribution in [0.5, 0.6) is 0 Å². The molecular formula is C18H15FN4O3S. The third kappa shape index (κ3) is 3.59. The first-order chi connectivity index (χ1) is 13.0. The fourth-order valence-corrected chi connectivity index (χ4v) is 3.85. The first-order valence-corrected chi connectivity index (χ1v) is 9.09. The van der Waals surface area contributed by atoms with Gasteiger partial charge in [-0.3, -0.25) is 14.9 Å². The summed E-state index contributed by atoms with van der Waals surface area (Å²) >= 11 is 1.33. The van der Waals surface area contributed by atoms with Crippen LogP contribution in [-0.4, -0.2) is 33.4 Å². The highest BCUT2D eigenvalue weighted by atomic mass is 32.1. The number of anilines is 1. The average molecular weight is 386 g/mol. The summed E-state index contributed by atoms with van der Waals surface area (Å²) < 4.78 is 17.9. The normalized spacial score (nSPS) is 13.3. The molecule has 1 aliphatic heterocycles. The maximum Gasteiger partial charge on any atom is 0.279 e. The van der Waals surface area contributed by atoms with Crippen molar-refractivity contribution in [2.24, 2.45) is 0 Å². The lowest BCUT2D eigenvalue weighted by atomic mass is 10.1. The maximum atomic E-state index is 13.0. The highest BCUT2D eigenvalue weighted by Gasteiger charge is 2.25. The molecule has 1 aliphatic rings. The van der Waals surface area contributed by atoms with Crippen LogP contribution in [0.2, 0.25) is 0 Å². The largest absolute Gasteiger partial charge is 0.361 e. The minimum Gasteiger partial charge on any atom is -0.361 e. The van der Waals surface area contributed by atoms with Gasteiger partial charge in [-0.05, 0) is 31.2 Å². The van der Waals surface area contributed by atoms with E-state index in [1.54, 1.807) is 17.9 Å². The van der Waals surface area contributed by atoms with E-state index >= 15 is 0 Å². The molecule has 0 spiro atoms. The lowest BCUT2D eigenvalue weighted by Gasteiger charge is -2.26. The molecule has 1 N–H and O–H groups in total. The molecule has 9 heteroatoms. The van der Waals surface area contributed by atoms with Gasteiger partial charge < -0.3 is 9.42 Å². The Kier molecular flexibility index (Phi) is 4.44. The molecule has 0 aliphatic carbocycles. The molecule has 0 fully saturated rings. The summed E-state index contributed by atoms with van der Waals surface area (Å²) in [6.07, 6.45) is 0.595. The number of fused-ring (bicyclic) bond motifs is 1. The van der Waals surface area contributed by atoms with Gasteiger partial charge in [0.2, 0.25) is 0 Å². The van der Waals surface area contributed by atoms with Gasteiger partial charge in [-0.2, -0.15) is 0 Å². The van der Waals surface area contributed by atoms with E-state index in [0.717, 1.165) is 10.6 Å². The van der Waals surface area contributed by atoms with Crippen molar-refractivity contribution in [1.29, 1.82) is 0 Å². The van der Waals surface area contributed by atoms with Crippen LogP contribution >= 0.6 is 11.3 Å². The van der Waals surface area contributed by atoms with Crippen LogP contribution in [-0.2, 0) is 13.0 Å². The van der Waals surface area contributed by atoms with E-state index in [1.165, 1.54) is 35.6 Å². The highest BCUT2D eigenvalue weighted by molar-refractivity contribution is 7.15. The fraction of sp³-hybridized carbons (Fsp3) is 0.222. The number of aryl methyl sites for hydroxylation is 1. The van der Waals surface area contributed by atoms with Crippen molar-refractivity contribution in [2.75, 3.05) is 11.9 Å². The van der Waals surface area contributed by atoms with Crippen LogP contribution in [0.3, 0.4) is 0 Å². The van der Waals surface area contributed by atoms with Crippen molar-refractivity contribution < 1.29 is 18.5 Å². The molecule has 4 rings (SSSR count). The van der Waals surface area contributed by atoms with Crippen molar-refractivity contribution in [3.8, 4) is 0 Å². The van der Waals surface area contributed by atoms with Crippen molar-refractivity contribution in [2.45, 2.75) is 19.9 Å². The van der Waals surface area contributed by atoms with Gasteiger partial charge in [0.25, 0.3) is 11.8 Å². The lowest BCUT2D eigenvalue weighted by molar-refractivity contribution is 0.0736. The second-order valence-corrected chi connectivity index (χ2v) is 7.23. The van der Waals surface area contributed by atoms with Gasteiger partial charge in [0.15, 0.2) is 10.8 Å². The van der Waals surface area contributed by atoms with Crippen LogP contribution in [0.4, 0.5) is 9.52 Å². The van der Waals surface area contributed by atoms with Crippen molar-refractivity contribution in [3.05, 3.63) is 63.7 Å². The summed E-state index contributed by atoms with van der Waals surface area (Å²) in [7, 11) is 0. The van der Waals surface area contributed by atoms with Crippen LogP contribution in [0.15, 0.2) is 34.9 Å². The Labute approximate surface area is 157 Å². The fourth-order valence-electron chi connectivity index (χ4n) is 2.83. The first kappa shape index (κ1) is 17.3. The van der Waals surface area contributed by atoms with E-state index in [4.69, 9.17) is 4.52 Å². The minimum atomic E-state index is -0.391. The molecule has 7 nitrogen and oxygen atoms in total. The molecule has 3 aromatic rings.